The molecule has 4 aromatic heterocycles. The lowest BCUT2D eigenvalue weighted by Gasteiger charge is -2.08. The van der Waals surface area contributed by atoms with Crippen LogP contribution >= 0.6 is 23.1 Å². The molecule has 160 valence electrons. The fourth-order valence-electron chi connectivity index (χ4n) is 3.02. The number of carbonyl (C=O) groups is 1. The second-order valence-corrected chi connectivity index (χ2v) is 8.52. The summed E-state index contributed by atoms with van der Waals surface area (Å²) in [6.45, 7) is 0.286. The maximum absolute atomic E-state index is 12.3. The molecule has 0 saturated carbocycles. The molecule has 5 aromatic rings. The smallest absolute Gasteiger partial charge is 0.273 e. The van der Waals surface area contributed by atoms with Crippen molar-refractivity contribution in [1.82, 2.24) is 25.1 Å². The maximum Gasteiger partial charge on any atom is 0.273 e. The van der Waals surface area contributed by atoms with Gasteiger partial charge in [-0.05, 0) is 35.7 Å². The van der Waals surface area contributed by atoms with Crippen molar-refractivity contribution in [2.24, 2.45) is 0 Å². The highest BCUT2D eigenvalue weighted by Gasteiger charge is 2.18. The highest BCUT2D eigenvalue weighted by Crippen LogP contribution is 2.31. The fourth-order valence-corrected chi connectivity index (χ4v) is 4.52. The van der Waals surface area contributed by atoms with Gasteiger partial charge in [0.2, 0.25) is 5.89 Å². The van der Waals surface area contributed by atoms with Crippen molar-refractivity contribution in [2.45, 2.75) is 17.5 Å². The van der Waals surface area contributed by atoms with Gasteiger partial charge >= 0.3 is 0 Å². The van der Waals surface area contributed by atoms with Gasteiger partial charge in [0.05, 0.1) is 23.4 Å². The number of rotatable bonds is 8. The van der Waals surface area contributed by atoms with E-state index in [1.54, 1.807) is 29.7 Å². The van der Waals surface area contributed by atoms with Crippen LogP contribution in [0.15, 0.2) is 86.5 Å². The number of thiophene rings is 1. The van der Waals surface area contributed by atoms with Crippen LogP contribution in [0.25, 0.3) is 16.4 Å². The number of amides is 1. The van der Waals surface area contributed by atoms with Crippen LogP contribution in [-0.4, -0.2) is 25.7 Å². The Hall–Kier alpha value is -3.63. The zero-order chi connectivity index (χ0) is 21.8. The summed E-state index contributed by atoms with van der Waals surface area (Å²) in [6, 6.07) is 17.5. The van der Waals surface area contributed by atoms with E-state index in [9.17, 15) is 4.79 Å². The topological polar surface area (TPSA) is 99.0 Å². The van der Waals surface area contributed by atoms with Crippen LogP contribution in [0.4, 0.5) is 0 Å². The predicted octanol–water partition coefficient (Wildman–Crippen LogP) is 4.80. The van der Waals surface area contributed by atoms with Gasteiger partial charge in [-0.2, -0.15) is 0 Å². The second-order valence-electron chi connectivity index (χ2n) is 6.63. The lowest BCUT2D eigenvalue weighted by atomic mass is 10.3. The highest BCUT2D eigenvalue weighted by molar-refractivity contribution is 7.98. The Labute approximate surface area is 191 Å². The largest absolute Gasteiger partial charge is 0.467 e. The van der Waals surface area contributed by atoms with Crippen molar-refractivity contribution in [2.75, 3.05) is 0 Å². The Kier molecular flexibility index (Phi) is 5.86. The molecule has 0 aliphatic carbocycles. The summed E-state index contributed by atoms with van der Waals surface area (Å²) in [5, 5.41) is 14.3. The molecule has 0 radical (unpaired) electrons. The summed E-state index contributed by atoms with van der Waals surface area (Å²) < 4.78 is 12.7. The second kappa shape index (κ2) is 9.25. The van der Waals surface area contributed by atoms with Crippen molar-refractivity contribution in [3.63, 3.8) is 0 Å². The van der Waals surface area contributed by atoms with Crippen molar-refractivity contribution in [3.05, 3.63) is 89.8 Å². The zero-order valence-electron chi connectivity index (χ0n) is 16.7. The Balaban J connectivity index is 1.31. The quantitative estimate of drug-likeness (QED) is 0.330. The Bertz CT molecular complexity index is 1290. The minimum Gasteiger partial charge on any atom is -0.467 e. The van der Waals surface area contributed by atoms with Gasteiger partial charge in [-0.25, -0.2) is 4.98 Å². The number of aromatic nitrogens is 4. The van der Waals surface area contributed by atoms with Gasteiger partial charge < -0.3 is 14.2 Å². The molecule has 10 heteroatoms. The molecule has 1 amide bonds. The normalized spacial score (nSPS) is 11.0. The summed E-state index contributed by atoms with van der Waals surface area (Å²) in [5.41, 5.74) is 1.18. The number of thioether (sulfide) groups is 1. The molecule has 0 unspecified atom stereocenters. The number of para-hydroxylation sites is 1. The van der Waals surface area contributed by atoms with Gasteiger partial charge in [0.1, 0.15) is 12.0 Å². The first-order chi connectivity index (χ1) is 15.8. The van der Waals surface area contributed by atoms with E-state index in [0.717, 1.165) is 16.4 Å². The molecule has 0 aliphatic rings. The molecule has 0 fully saturated rings. The predicted molar refractivity (Wildman–Crippen MR) is 121 cm³/mol. The van der Waals surface area contributed by atoms with E-state index >= 15 is 0 Å². The average molecular weight is 464 g/mol. The fraction of sp³-hybridized carbons (Fsp3) is 0.0909. The van der Waals surface area contributed by atoms with Crippen LogP contribution in [0, 0.1) is 0 Å². The average Bonchev–Trinajstić information content (AvgIpc) is 3.63. The molecule has 0 aliphatic heterocycles. The minimum atomic E-state index is -0.325. The van der Waals surface area contributed by atoms with Gasteiger partial charge in [0.15, 0.2) is 16.7 Å². The molecule has 1 aromatic carbocycles. The summed E-state index contributed by atoms with van der Waals surface area (Å²) in [7, 11) is 0. The lowest BCUT2D eigenvalue weighted by Crippen LogP contribution is -2.22. The molecular formula is C22H17N5O3S2. The lowest BCUT2D eigenvalue weighted by molar-refractivity contribution is 0.0943. The third kappa shape index (κ3) is 4.36. The Morgan fingerprint density at radius 1 is 1.06 bits per heavy atom. The molecule has 32 heavy (non-hydrogen) atoms. The number of furan rings is 1. The molecule has 0 bridgehead atoms. The summed E-state index contributed by atoms with van der Waals surface area (Å²) >= 11 is 3.05. The first kappa shape index (κ1) is 20.3. The van der Waals surface area contributed by atoms with Crippen LogP contribution in [0.2, 0.25) is 0 Å². The number of benzene rings is 1. The van der Waals surface area contributed by atoms with Gasteiger partial charge in [0, 0.05) is 5.69 Å². The summed E-state index contributed by atoms with van der Waals surface area (Å²) in [4.78, 5) is 17.6. The van der Waals surface area contributed by atoms with Crippen LogP contribution in [0.5, 0.6) is 0 Å². The van der Waals surface area contributed by atoms with Crippen molar-refractivity contribution >= 4 is 29.0 Å². The van der Waals surface area contributed by atoms with E-state index in [1.165, 1.54) is 18.0 Å². The third-order valence-corrected chi connectivity index (χ3v) is 6.28. The van der Waals surface area contributed by atoms with E-state index in [4.69, 9.17) is 8.83 Å². The number of carbonyl (C=O) groups excluding carboxylic acids is 1. The summed E-state index contributed by atoms with van der Waals surface area (Å²) in [5.74, 6) is 1.95. The first-order valence-electron chi connectivity index (χ1n) is 9.70. The number of oxazole rings is 1. The van der Waals surface area contributed by atoms with Crippen LogP contribution < -0.4 is 5.32 Å². The number of hydrogen-bond acceptors (Lipinski definition) is 8. The van der Waals surface area contributed by atoms with Crippen LogP contribution in [0.3, 0.4) is 0 Å². The molecule has 8 nitrogen and oxygen atoms in total. The Morgan fingerprint density at radius 2 is 1.97 bits per heavy atom. The van der Waals surface area contributed by atoms with Gasteiger partial charge in [-0.1, -0.05) is 36.0 Å². The molecule has 1 N–H and O–H groups in total. The van der Waals surface area contributed by atoms with E-state index < -0.39 is 0 Å². The van der Waals surface area contributed by atoms with Gasteiger partial charge in [0.25, 0.3) is 5.91 Å². The van der Waals surface area contributed by atoms with Gasteiger partial charge in [-0.15, -0.1) is 21.5 Å². The van der Waals surface area contributed by atoms with Crippen molar-refractivity contribution < 1.29 is 13.6 Å². The van der Waals surface area contributed by atoms with Crippen LogP contribution in [0.1, 0.15) is 22.1 Å². The first-order valence-corrected chi connectivity index (χ1v) is 11.6. The van der Waals surface area contributed by atoms with Crippen molar-refractivity contribution in [3.8, 4) is 16.4 Å². The molecule has 0 spiro atoms. The molecule has 0 atom stereocenters. The van der Waals surface area contributed by atoms with E-state index in [2.05, 4.69) is 20.5 Å². The number of nitrogens with one attached hydrogen (secondary N) is 1. The van der Waals surface area contributed by atoms with E-state index in [0.29, 0.717) is 22.6 Å². The third-order valence-electron chi connectivity index (χ3n) is 4.50. The highest BCUT2D eigenvalue weighted by atomic mass is 32.2. The van der Waals surface area contributed by atoms with Crippen molar-refractivity contribution in [1.29, 1.82) is 0 Å². The molecule has 5 rings (SSSR count). The Morgan fingerprint density at radius 3 is 2.75 bits per heavy atom. The SMILES string of the molecule is O=C(NCc1ccco1)c1coc(CSc2nnc(-c3cccs3)n2-c2ccccc2)n1. The minimum absolute atomic E-state index is 0.218. The number of hydrogen-bond donors (Lipinski definition) is 1. The van der Waals surface area contributed by atoms with Gasteiger partial charge in [-0.3, -0.25) is 9.36 Å². The molecule has 0 saturated heterocycles. The van der Waals surface area contributed by atoms with E-state index in [1.807, 2.05) is 52.4 Å². The zero-order valence-corrected chi connectivity index (χ0v) is 18.3. The monoisotopic (exact) mass is 463 g/mol. The van der Waals surface area contributed by atoms with Crippen LogP contribution in [-0.2, 0) is 12.3 Å². The molecule has 4 heterocycles. The maximum atomic E-state index is 12.3. The summed E-state index contributed by atoms with van der Waals surface area (Å²) in [6.07, 6.45) is 2.91. The molecular weight excluding hydrogens is 446 g/mol. The van der Waals surface area contributed by atoms with E-state index in [-0.39, 0.29) is 18.1 Å². The standard InChI is InChI=1S/C22H17N5O3S2/c28-21(23-12-16-8-4-10-29-16)17-13-30-19(24-17)14-32-22-26-25-20(18-9-5-11-31-18)27(22)15-6-2-1-3-7-15/h1-11,13H,12,14H2,(H,23,28). The number of nitrogens with zero attached hydrogens (tertiary/aromatic N) is 4.